The zero-order chi connectivity index (χ0) is 16.1. The van der Waals surface area contributed by atoms with Crippen molar-refractivity contribution in [2.24, 2.45) is 0 Å². The molecule has 1 atom stereocenters. The van der Waals surface area contributed by atoms with Crippen molar-refractivity contribution in [2.45, 2.75) is 33.2 Å². The molecule has 0 aliphatic carbocycles. The van der Waals surface area contributed by atoms with Gasteiger partial charge in [-0.15, -0.1) is 0 Å². The first-order valence-electron chi connectivity index (χ1n) is 7.57. The molecule has 0 unspecified atom stereocenters. The topological polar surface area (TPSA) is 38.3 Å². The molecule has 0 heterocycles. The maximum atomic E-state index is 12.4. The molecule has 1 N–H and O–H groups in total. The summed E-state index contributed by atoms with van der Waals surface area (Å²) >= 11 is 0. The van der Waals surface area contributed by atoms with Crippen molar-refractivity contribution in [2.75, 3.05) is 7.11 Å². The quantitative estimate of drug-likeness (QED) is 0.898. The van der Waals surface area contributed by atoms with E-state index in [0.29, 0.717) is 5.56 Å². The summed E-state index contributed by atoms with van der Waals surface area (Å²) in [6.07, 6.45) is 0.852. The third-order valence-corrected chi connectivity index (χ3v) is 4.00. The van der Waals surface area contributed by atoms with Crippen LogP contribution in [0.5, 0.6) is 5.75 Å². The van der Waals surface area contributed by atoms with Gasteiger partial charge in [0, 0.05) is 5.56 Å². The number of ether oxygens (including phenoxy) is 1. The summed E-state index contributed by atoms with van der Waals surface area (Å²) in [6, 6.07) is 13.5. The van der Waals surface area contributed by atoms with E-state index >= 15 is 0 Å². The Hall–Kier alpha value is -2.29. The van der Waals surface area contributed by atoms with Gasteiger partial charge in [0.05, 0.1) is 13.2 Å². The Labute approximate surface area is 132 Å². The molecule has 2 rings (SSSR count). The summed E-state index contributed by atoms with van der Waals surface area (Å²) in [4.78, 5) is 12.4. The molecular formula is C19H23NO2. The lowest BCUT2D eigenvalue weighted by atomic mass is 9.99. The number of hydrogen-bond donors (Lipinski definition) is 1. The first kappa shape index (κ1) is 16.1. The number of amides is 1. The Balaban J connectivity index is 2.14. The van der Waals surface area contributed by atoms with Crippen LogP contribution in [0.1, 0.15) is 46.4 Å². The minimum atomic E-state index is -0.0623. The van der Waals surface area contributed by atoms with Gasteiger partial charge in [0.1, 0.15) is 5.75 Å². The van der Waals surface area contributed by atoms with Crippen molar-refractivity contribution < 1.29 is 9.53 Å². The fraction of sp³-hybridized carbons (Fsp3) is 0.316. The van der Waals surface area contributed by atoms with Crippen LogP contribution in [0.4, 0.5) is 0 Å². The maximum absolute atomic E-state index is 12.4. The maximum Gasteiger partial charge on any atom is 0.251 e. The predicted molar refractivity (Wildman–Crippen MR) is 89.4 cm³/mol. The van der Waals surface area contributed by atoms with Crippen LogP contribution in [-0.2, 0) is 0 Å². The van der Waals surface area contributed by atoms with E-state index in [4.69, 9.17) is 4.74 Å². The number of nitrogens with one attached hydrogen (secondary N) is 1. The lowest BCUT2D eigenvalue weighted by molar-refractivity contribution is 0.0935. The number of hydrogen-bond acceptors (Lipinski definition) is 2. The van der Waals surface area contributed by atoms with Gasteiger partial charge in [-0.3, -0.25) is 4.79 Å². The Morgan fingerprint density at radius 2 is 1.77 bits per heavy atom. The number of methoxy groups -OCH3 is 1. The van der Waals surface area contributed by atoms with Crippen LogP contribution in [0.2, 0.25) is 0 Å². The van der Waals surface area contributed by atoms with Crippen LogP contribution in [0.3, 0.4) is 0 Å². The zero-order valence-electron chi connectivity index (χ0n) is 13.6. The molecule has 0 bridgehead atoms. The smallest absolute Gasteiger partial charge is 0.251 e. The van der Waals surface area contributed by atoms with Gasteiger partial charge in [-0.05, 0) is 61.2 Å². The first-order valence-corrected chi connectivity index (χ1v) is 7.57. The third-order valence-electron chi connectivity index (χ3n) is 4.00. The lowest BCUT2D eigenvalue weighted by Gasteiger charge is -2.19. The average molecular weight is 297 g/mol. The minimum Gasteiger partial charge on any atom is -0.497 e. The van der Waals surface area contributed by atoms with Crippen molar-refractivity contribution >= 4 is 5.91 Å². The highest BCUT2D eigenvalue weighted by atomic mass is 16.5. The first-order chi connectivity index (χ1) is 10.5. The Morgan fingerprint density at radius 3 is 2.32 bits per heavy atom. The number of aryl methyl sites for hydroxylation is 2. The van der Waals surface area contributed by atoms with E-state index in [9.17, 15) is 4.79 Å². The van der Waals surface area contributed by atoms with Gasteiger partial charge in [-0.1, -0.05) is 25.1 Å². The van der Waals surface area contributed by atoms with Gasteiger partial charge in [-0.25, -0.2) is 0 Å². The number of rotatable bonds is 5. The summed E-state index contributed by atoms with van der Waals surface area (Å²) in [6.45, 7) is 6.26. The molecule has 0 aliphatic heterocycles. The SMILES string of the molecule is CC[C@@H](NC(=O)c1ccc(OC)cc1)c1ccc(C)c(C)c1. The fourth-order valence-electron chi connectivity index (χ4n) is 2.39. The van der Waals surface area contributed by atoms with Crippen LogP contribution in [0.15, 0.2) is 42.5 Å². The zero-order valence-corrected chi connectivity index (χ0v) is 13.6. The van der Waals surface area contributed by atoms with Crippen molar-refractivity contribution in [1.29, 1.82) is 0 Å². The molecule has 3 nitrogen and oxygen atoms in total. The largest absolute Gasteiger partial charge is 0.497 e. The van der Waals surface area contributed by atoms with E-state index in [-0.39, 0.29) is 11.9 Å². The van der Waals surface area contributed by atoms with E-state index in [1.54, 1.807) is 31.4 Å². The minimum absolute atomic E-state index is 0.0221. The van der Waals surface area contributed by atoms with Gasteiger partial charge in [0.25, 0.3) is 5.91 Å². The third kappa shape index (κ3) is 3.67. The molecule has 116 valence electrons. The van der Waals surface area contributed by atoms with E-state index in [2.05, 4.69) is 44.3 Å². The predicted octanol–water partition coefficient (Wildman–Crippen LogP) is 4.19. The number of carbonyl (C=O) groups excluding carboxylic acids is 1. The number of benzene rings is 2. The van der Waals surface area contributed by atoms with Crippen LogP contribution < -0.4 is 10.1 Å². The van der Waals surface area contributed by atoms with Gasteiger partial charge >= 0.3 is 0 Å². The molecule has 1 amide bonds. The van der Waals surface area contributed by atoms with Gasteiger partial charge < -0.3 is 10.1 Å². The average Bonchev–Trinajstić information content (AvgIpc) is 2.55. The lowest BCUT2D eigenvalue weighted by Crippen LogP contribution is -2.28. The van der Waals surface area contributed by atoms with Crippen LogP contribution in [0, 0.1) is 13.8 Å². The molecule has 22 heavy (non-hydrogen) atoms. The molecule has 0 saturated carbocycles. The molecule has 2 aromatic rings. The van der Waals surface area contributed by atoms with E-state index in [1.165, 1.54) is 11.1 Å². The second kappa shape index (κ2) is 7.12. The van der Waals surface area contributed by atoms with E-state index < -0.39 is 0 Å². The normalized spacial score (nSPS) is 11.8. The van der Waals surface area contributed by atoms with Crippen molar-refractivity contribution in [3.63, 3.8) is 0 Å². The molecule has 0 spiro atoms. The standard InChI is InChI=1S/C19H23NO2/c1-5-18(16-7-6-13(2)14(3)12-16)20-19(21)15-8-10-17(22-4)11-9-15/h6-12,18H,5H2,1-4H3,(H,20,21)/t18-/m1/s1. The second-order valence-electron chi connectivity index (χ2n) is 5.51. The highest BCUT2D eigenvalue weighted by Crippen LogP contribution is 2.21. The van der Waals surface area contributed by atoms with Crippen LogP contribution in [-0.4, -0.2) is 13.0 Å². The second-order valence-corrected chi connectivity index (χ2v) is 5.51. The van der Waals surface area contributed by atoms with E-state index in [1.807, 2.05) is 0 Å². The van der Waals surface area contributed by atoms with Gasteiger partial charge in [0.2, 0.25) is 0 Å². The molecular weight excluding hydrogens is 274 g/mol. The summed E-state index contributed by atoms with van der Waals surface area (Å²) in [5.74, 6) is 0.686. The molecule has 3 heteroatoms. The molecule has 2 aromatic carbocycles. The summed E-state index contributed by atoms with van der Waals surface area (Å²) in [5, 5.41) is 3.10. The Morgan fingerprint density at radius 1 is 1.09 bits per heavy atom. The summed E-state index contributed by atoms with van der Waals surface area (Å²) < 4.78 is 5.11. The Bertz CT molecular complexity index is 647. The summed E-state index contributed by atoms with van der Waals surface area (Å²) in [5.41, 5.74) is 4.30. The van der Waals surface area contributed by atoms with Crippen molar-refractivity contribution in [3.8, 4) is 5.75 Å². The summed E-state index contributed by atoms with van der Waals surface area (Å²) in [7, 11) is 1.61. The van der Waals surface area contributed by atoms with Crippen molar-refractivity contribution in [1.82, 2.24) is 5.32 Å². The van der Waals surface area contributed by atoms with Gasteiger partial charge in [-0.2, -0.15) is 0 Å². The molecule has 0 aliphatic rings. The van der Waals surface area contributed by atoms with Crippen molar-refractivity contribution in [3.05, 3.63) is 64.7 Å². The molecule has 0 radical (unpaired) electrons. The molecule has 0 fully saturated rings. The highest BCUT2D eigenvalue weighted by Gasteiger charge is 2.14. The van der Waals surface area contributed by atoms with Gasteiger partial charge in [0.15, 0.2) is 0 Å². The monoisotopic (exact) mass is 297 g/mol. The fourth-order valence-corrected chi connectivity index (χ4v) is 2.39. The molecule has 0 saturated heterocycles. The highest BCUT2D eigenvalue weighted by molar-refractivity contribution is 5.94. The van der Waals surface area contributed by atoms with E-state index in [0.717, 1.165) is 17.7 Å². The van der Waals surface area contributed by atoms with Crippen LogP contribution >= 0.6 is 0 Å². The van der Waals surface area contributed by atoms with Crippen LogP contribution in [0.25, 0.3) is 0 Å². The molecule has 0 aromatic heterocycles. The number of carbonyl (C=O) groups is 1. The Kier molecular flexibility index (Phi) is 5.21.